The maximum atomic E-state index is 12.2. The molecule has 0 N–H and O–H groups in total. The highest BCUT2D eigenvalue weighted by molar-refractivity contribution is 5.99. The first kappa shape index (κ1) is 18.1. The second kappa shape index (κ2) is 8.14. The normalized spacial score (nSPS) is 10.3. The van der Waals surface area contributed by atoms with Crippen molar-refractivity contribution in [2.75, 3.05) is 6.61 Å². The van der Waals surface area contributed by atoms with Crippen molar-refractivity contribution in [3.05, 3.63) is 89.4 Å². The van der Waals surface area contributed by atoms with Crippen molar-refractivity contribution >= 4 is 17.7 Å². The fourth-order valence-corrected chi connectivity index (χ4v) is 2.33. The molecule has 0 atom stereocenters. The molecule has 1 heterocycles. The van der Waals surface area contributed by atoms with Gasteiger partial charge in [-0.3, -0.25) is 4.79 Å². The Morgan fingerprint density at radius 2 is 1.67 bits per heavy atom. The number of Topliss-reactive ketones (excluding diaryl/α,β-unsaturated/α-hetero) is 1. The number of furan rings is 1. The Morgan fingerprint density at radius 1 is 0.889 bits per heavy atom. The Bertz CT molecular complexity index is 955. The van der Waals surface area contributed by atoms with Gasteiger partial charge in [0.2, 0.25) is 5.76 Å². The Kier molecular flexibility index (Phi) is 5.47. The van der Waals surface area contributed by atoms with Gasteiger partial charge in [-0.15, -0.1) is 0 Å². The van der Waals surface area contributed by atoms with Gasteiger partial charge in [-0.2, -0.15) is 0 Å². The van der Waals surface area contributed by atoms with Crippen LogP contribution in [0, 0.1) is 6.92 Å². The molecule has 2 aromatic carbocycles. The summed E-state index contributed by atoms with van der Waals surface area (Å²) in [4.78, 5) is 35.9. The predicted molar refractivity (Wildman–Crippen MR) is 95.9 cm³/mol. The molecular formula is C21H16O6. The van der Waals surface area contributed by atoms with Gasteiger partial charge in [-0.25, -0.2) is 9.59 Å². The minimum Gasteiger partial charge on any atom is -0.457 e. The average molecular weight is 364 g/mol. The van der Waals surface area contributed by atoms with Gasteiger partial charge < -0.3 is 13.9 Å². The van der Waals surface area contributed by atoms with Crippen LogP contribution in [0.2, 0.25) is 0 Å². The highest BCUT2D eigenvalue weighted by Gasteiger charge is 2.14. The summed E-state index contributed by atoms with van der Waals surface area (Å²) in [7, 11) is 0. The van der Waals surface area contributed by atoms with Crippen LogP contribution in [0.5, 0.6) is 5.75 Å². The first-order valence-electron chi connectivity index (χ1n) is 8.15. The van der Waals surface area contributed by atoms with E-state index in [-0.39, 0.29) is 23.9 Å². The number of ketones is 1. The zero-order valence-electron chi connectivity index (χ0n) is 14.5. The molecule has 6 nitrogen and oxygen atoms in total. The Hall–Kier alpha value is -3.67. The molecule has 3 rings (SSSR count). The Balaban J connectivity index is 1.56. The van der Waals surface area contributed by atoms with E-state index in [0.29, 0.717) is 11.1 Å². The molecule has 6 heteroatoms. The third-order valence-corrected chi connectivity index (χ3v) is 3.70. The molecule has 136 valence electrons. The van der Waals surface area contributed by atoms with Crippen molar-refractivity contribution in [1.29, 1.82) is 0 Å². The van der Waals surface area contributed by atoms with Crippen LogP contribution in [-0.2, 0) is 4.74 Å². The summed E-state index contributed by atoms with van der Waals surface area (Å²) >= 11 is 0. The molecule has 3 aromatic rings. The van der Waals surface area contributed by atoms with E-state index in [0.717, 1.165) is 5.56 Å². The van der Waals surface area contributed by atoms with E-state index in [1.54, 1.807) is 24.3 Å². The summed E-state index contributed by atoms with van der Waals surface area (Å²) in [6.45, 7) is 1.49. The van der Waals surface area contributed by atoms with E-state index in [1.807, 2.05) is 13.0 Å². The third kappa shape index (κ3) is 4.70. The molecule has 1 aromatic heterocycles. The topological polar surface area (TPSA) is 82.8 Å². The van der Waals surface area contributed by atoms with Crippen LogP contribution >= 0.6 is 0 Å². The number of benzene rings is 2. The monoisotopic (exact) mass is 364 g/mol. The minimum absolute atomic E-state index is 0.0817. The lowest BCUT2D eigenvalue weighted by atomic mass is 10.1. The van der Waals surface area contributed by atoms with Crippen molar-refractivity contribution in [1.82, 2.24) is 0 Å². The molecule has 0 spiro atoms. The van der Waals surface area contributed by atoms with E-state index < -0.39 is 11.9 Å². The zero-order chi connectivity index (χ0) is 19.2. The largest absolute Gasteiger partial charge is 0.457 e. The van der Waals surface area contributed by atoms with Crippen LogP contribution in [0.3, 0.4) is 0 Å². The molecule has 0 radical (unpaired) electrons. The van der Waals surface area contributed by atoms with Crippen molar-refractivity contribution in [2.45, 2.75) is 6.92 Å². The number of hydrogen-bond donors (Lipinski definition) is 0. The zero-order valence-corrected chi connectivity index (χ0v) is 14.5. The highest BCUT2D eigenvalue weighted by atomic mass is 16.5. The van der Waals surface area contributed by atoms with Gasteiger partial charge in [0.25, 0.3) is 0 Å². The number of esters is 2. The van der Waals surface area contributed by atoms with E-state index in [9.17, 15) is 14.4 Å². The van der Waals surface area contributed by atoms with Crippen LogP contribution < -0.4 is 4.74 Å². The van der Waals surface area contributed by atoms with Crippen LogP contribution in [0.15, 0.2) is 71.3 Å². The van der Waals surface area contributed by atoms with Crippen LogP contribution in [0.1, 0.15) is 36.8 Å². The van der Waals surface area contributed by atoms with Gasteiger partial charge in [0.15, 0.2) is 12.4 Å². The first-order valence-corrected chi connectivity index (χ1v) is 8.15. The predicted octanol–water partition coefficient (Wildman–Crippen LogP) is 3.85. The van der Waals surface area contributed by atoms with E-state index in [4.69, 9.17) is 13.9 Å². The van der Waals surface area contributed by atoms with Crippen molar-refractivity contribution in [3.8, 4) is 5.75 Å². The molecule has 0 saturated heterocycles. The maximum Gasteiger partial charge on any atom is 0.379 e. The summed E-state index contributed by atoms with van der Waals surface area (Å²) in [5.41, 5.74) is 1.66. The van der Waals surface area contributed by atoms with Gasteiger partial charge in [0.05, 0.1) is 11.8 Å². The molecule has 0 fully saturated rings. The average Bonchev–Trinajstić information content (AvgIpc) is 3.21. The number of aryl methyl sites for hydroxylation is 1. The fraction of sp³-hybridized carbons (Fsp3) is 0.0952. The van der Waals surface area contributed by atoms with Crippen molar-refractivity contribution in [3.63, 3.8) is 0 Å². The lowest BCUT2D eigenvalue weighted by Crippen LogP contribution is -2.14. The summed E-state index contributed by atoms with van der Waals surface area (Å²) in [5, 5.41) is 0. The van der Waals surface area contributed by atoms with Gasteiger partial charge >= 0.3 is 11.9 Å². The van der Waals surface area contributed by atoms with Crippen molar-refractivity contribution < 1.29 is 28.3 Å². The minimum atomic E-state index is -0.633. The molecule has 0 amide bonds. The molecule has 27 heavy (non-hydrogen) atoms. The maximum absolute atomic E-state index is 12.2. The number of carbonyl (C=O) groups excluding carboxylic acids is 3. The number of carbonyl (C=O) groups is 3. The highest BCUT2D eigenvalue weighted by Crippen LogP contribution is 2.15. The molecule has 0 aliphatic carbocycles. The van der Waals surface area contributed by atoms with Crippen LogP contribution in [0.25, 0.3) is 0 Å². The van der Waals surface area contributed by atoms with E-state index in [2.05, 4.69) is 0 Å². The first-order chi connectivity index (χ1) is 13.0. The number of hydrogen-bond acceptors (Lipinski definition) is 6. The molecule has 0 unspecified atom stereocenters. The summed E-state index contributed by atoms with van der Waals surface area (Å²) in [6.07, 6.45) is 1.37. The fourth-order valence-electron chi connectivity index (χ4n) is 2.33. The van der Waals surface area contributed by atoms with Gasteiger partial charge in [-0.1, -0.05) is 17.7 Å². The lowest BCUT2D eigenvalue weighted by Gasteiger charge is -2.06. The number of rotatable bonds is 6. The van der Waals surface area contributed by atoms with Gasteiger partial charge in [0.1, 0.15) is 5.75 Å². The lowest BCUT2D eigenvalue weighted by molar-refractivity contribution is 0.0474. The second-order valence-electron chi connectivity index (χ2n) is 5.76. The Morgan fingerprint density at radius 3 is 2.33 bits per heavy atom. The third-order valence-electron chi connectivity index (χ3n) is 3.70. The van der Waals surface area contributed by atoms with Crippen molar-refractivity contribution in [2.24, 2.45) is 0 Å². The Labute approximate surface area is 155 Å². The molecule has 0 bridgehead atoms. The SMILES string of the molecule is Cc1cccc(C(=O)OCC(=O)c2ccc(OC(=O)c3ccco3)cc2)c1. The molecule has 0 aliphatic heterocycles. The van der Waals surface area contributed by atoms with Gasteiger partial charge in [0, 0.05) is 5.56 Å². The standard InChI is InChI=1S/C21H16O6/c1-14-4-2-5-16(12-14)20(23)26-13-18(22)15-7-9-17(10-8-15)27-21(24)19-6-3-11-25-19/h2-12H,13H2,1H3. The van der Waals surface area contributed by atoms with Crippen LogP contribution in [-0.4, -0.2) is 24.3 Å². The molecular weight excluding hydrogens is 348 g/mol. The van der Waals surface area contributed by atoms with E-state index >= 15 is 0 Å². The quantitative estimate of drug-likeness (QED) is 0.375. The summed E-state index contributed by atoms with van der Waals surface area (Å²) in [5.74, 6) is -1.20. The molecule has 0 aliphatic rings. The molecule has 0 saturated carbocycles. The second-order valence-corrected chi connectivity index (χ2v) is 5.76. The summed E-state index contributed by atoms with van der Waals surface area (Å²) < 4.78 is 15.1. The van der Waals surface area contributed by atoms with E-state index in [1.165, 1.54) is 36.6 Å². The van der Waals surface area contributed by atoms with Gasteiger partial charge in [-0.05, 0) is 55.5 Å². The number of ether oxygens (including phenoxy) is 2. The van der Waals surface area contributed by atoms with Crippen LogP contribution in [0.4, 0.5) is 0 Å². The smallest absolute Gasteiger partial charge is 0.379 e. The summed E-state index contributed by atoms with van der Waals surface area (Å²) in [6, 6.07) is 15.9.